The van der Waals surface area contributed by atoms with E-state index in [1.54, 1.807) is 0 Å². The smallest absolute Gasteiger partial charge is 0.174 e. The van der Waals surface area contributed by atoms with Gasteiger partial charge in [-0.2, -0.15) is 5.10 Å². The molecule has 3 N–H and O–H groups in total. The minimum absolute atomic E-state index is 0.0535. The topological polar surface area (TPSA) is 96.9 Å². The van der Waals surface area contributed by atoms with E-state index in [9.17, 15) is 0 Å². The maximum absolute atomic E-state index is 9.03. The predicted octanol–water partition coefficient (Wildman–Crippen LogP) is 0.803. The van der Waals surface area contributed by atoms with E-state index in [0.717, 1.165) is 11.3 Å². The van der Waals surface area contributed by atoms with Crippen molar-refractivity contribution in [3.05, 3.63) is 16.8 Å². The second-order valence-corrected chi connectivity index (χ2v) is 5.61. The quantitative estimate of drug-likeness (QED) is 0.360. The molecule has 0 atom stereocenters. The molecule has 1 aromatic heterocycles. The lowest BCUT2D eigenvalue weighted by atomic mass is 10.00. The summed E-state index contributed by atoms with van der Waals surface area (Å²) in [5.74, 6) is 0.689. The van der Waals surface area contributed by atoms with Crippen LogP contribution in [-0.4, -0.2) is 46.5 Å². The number of nitrogens with two attached hydrogens (primary N) is 1. The number of hydrogen-bond donors (Lipinski definition) is 2. The van der Waals surface area contributed by atoms with Crippen molar-refractivity contribution >= 4 is 11.7 Å². The minimum atomic E-state index is -0.223. The van der Waals surface area contributed by atoms with Crippen molar-refractivity contribution < 1.29 is 9.94 Å². The summed E-state index contributed by atoms with van der Waals surface area (Å²) >= 11 is 0. The monoisotopic (exact) mass is 279 g/mol. The first-order valence-electron chi connectivity index (χ1n) is 6.55. The van der Waals surface area contributed by atoms with Crippen LogP contribution in [0.15, 0.2) is 5.16 Å². The van der Waals surface area contributed by atoms with Crippen molar-refractivity contribution in [3.8, 4) is 0 Å². The van der Waals surface area contributed by atoms with Gasteiger partial charge in [-0.3, -0.25) is 0 Å². The van der Waals surface area contributed by atoms with E-state index in [0.29, 0.717) is 31.1 Å². The molecule has 0 saturated carbocycles. The average molecular weight is 279 g/mol. The molecule has 0 unspecified atom stereocenters. The second-order valence-electron chi connectivity index (χ2n) is 5.61. The van der Waals surface area contributed by atoms with Gasteiger partial charge in [-0.25, -0.2) is 0 Å². The number of amidine groups is 1. The normalized spacial score (nSPS) is 19.2. The highest BCUT2D eigenvalue weighted by molar-refractivity contribution is 6.03. The fourth-order valence-electron chi connectivity index (χ4n) is 2.39. The molecule has 110 valence electrons. The maximum Gasteiger partial charge on any atom is 0.174 e. The summed E-state index contributed by atoms with van der Waals surface area (Å²) in [6, 6.07) is 0. The molecule has 0 spiro atoms. The van der Waals surface area contributed by atoms with E-state index in [1.165, 1.54) is 0 Å². The van der Waals surface area contributed by atoms with Crippen molar-refractivity contribution in [2.45, 2.75) is 33.2 Å². The Labute approximate surface area is 118 Å². The molecule has 20 heavy (non-hydrogen) atoms. The van der Waals surface area contributed by atoms with Gasteiger partial charge in [-0.15, -0.1) is 5.10 Å². The molecule has 7 heteroatoms. The number of aryl methyl sites for hydroxylation is 1. The minimum Gasteiger partial charge on any atom is -0.409 e. The van der Waals surface area contributed by atoms with Crippen LogP contribution in [0.1, 0.15) is 30.7 Å². The van der Waals surface area contributed by atoms with Gasteiger partial charge in [0.2, 0.25) is 0 Å². The van der Waals surface area contributed by atoms with Crippen molar-refractivity contribution in [1.82, 2.24) is 10.2 Å². The van der Waals surface area contributed by atoms with Crippen LogP contribution >= 0.6 is 0 Å². The summed E-state index contributed by atoms with van der Waals surface area (Å²) in [4.78, 5) is 2.10. The summed E-state index contributed by atoms with van der Waals surface area (Å²) in [5.41, 5.74) is 7.88. The van der Waals surface area contributed by atoms with E-state index < -0.39 is 0 Å². The maximum atomic E-state index is 9.03. The van der Waals surface area contributed by atoms with Crippen molar-refractivity contribution in [2.24, 2.45) is 10.9 Å². The number of rotatable bonds is 2. The average Bonchev–Trinajstić information content (AvgIpc) is 2.41. The van der Waals surface area contributed by atoms with Gasteiger partial charge in [0.15, 0.2) is 11.7 Å². The molecule has 0 aliphatic carbocycles. The zero-order chi connectivity index (χ0) is 14.9. The third-order valence-electron chi connectivity index (χ3n) is 3.70. The highest BCUT2D eigenvalue weighted by Crippen LogP contribution is 2.29. The third-order valence-corrected chi connectivity index (χ3v) is 3.70. The van der Waals surface area contributed by atoms with Gasteiger partial charge in [0.25, 0.3) is 0 Å². The summed E-state index contributed by atoms with van der Waals surface area (Å²) in [6.45, 7) is 9.79. The molecule has 2 rings (SSSR count). The summed E-state index contributed by atoms with van der Waals surface area (Å²) in [6.07, 6.45) is 0. The molecule has 0 radical (unpaired) electrons. The van der Waals surface area contributed by atoms with Gasteiger partial charge in [-0.05, 0) is 33.3 Å². The van der Waals surface area contributed by atoms with Gasteiger partial charge in [-0.1, -0.05) is 5.16 Å². The SMILES string of the molecule is Cc1nnc(N2CCOCC2(C)C)c(C(N)=NO)c1C. The standard InChI is InChI=1S/C13H21N5O2/c1-8-9(2)15-16-12(10(8)11(14)17-19)18-5-6-20-7-13(18,3)4/h19H,5-7H2,1-4H3,(H2,14,17). The molecule has 2 heterocycles. The summed E-state index contributed by atoms with van der Waals surface area (Å²) in [7, 11) is 0. The largest absolute Gasteiger partial charge is 0.409 e. The fourth-order valence-corrected chi connectivity index (χ4v) is 2.39. The molecule has 1 aromatic rings. The molecular weight excluding hydrogens is 258 g/mol. The Hall–Kier alpha value is -1.89. The number of hydrogen-bond acceptors (Lipinski definition) is 6. The number of morpholine rings is 1. The molecule has 0 amide bonds. The molecule has 1 aliphatic heterocycles. The van der Waals surface area contributed by atoms with Crippen LogP contribution in [0.4, 0.5) is 5.82 Å². The van der Waals surface area contributed by atoms with Gasteiger partial charge in [0, 0.05) is 6.54 Å². The molecule has 7 nitrogen and oxygen atoms in total. The molecule has 1 saturated heterocycles. The summed E-state index contributed by atoms with van der Waals surface area (Å²) < 4.78 is 5.52. The molecule has 1 aliphatic rings. The number of ether oxygens (including phenoxy) is 1. The first-order valence-corrected chi connectivity index (χ1v) is 6.55. The van der Waals surface area contributed by atoms with Crippen LogP contribution in [0.3, 0.4) is 0 Å². The first-order chi connectivity index (χ1) is 9.38. The zero-order valence-corrected chi connectivity index (χ0v) is 12.3. The molecule has 0 aromatic carbocycles. The predicted molar refractivity (Wildman–Crippen MR) is 76.3 cm³/mol. The first kappa shape index (κ1) is 14.5. The van der Waals surface area contributed by atoms with Crippen LogP contribution in [0.5, 0.6) is 0 Å². The van der Waals surface area contributed by atoms with Gasteiger partial charge in [0.05, 0.1) is 30.0 Å². The lowest BCUT2D eigenvalue weighted by Gasteiger charge is -2.43. The molecule has 0 bridgehead atoms. The Kier molecular flexibility index (Phi) is 3.80. The van der Waals surface area contributed by atoms with Crippen LogP contribution in [0.2, 0.25) is 0 Å². The van der Waals surface area contributed by atoms with Gasteiger partial charge in [0.1, 0.15) is 0 Å². The Morgan fingerprint density at radius 2 is 2.10 bits per heavy atom. The lowest BCUT2D eigenvalue weighted by molar-refractivity contribution is 0.0637. The number of nitrogens with zero attached hydrogens (tertiary/aromatic N) is 4. The van der Waals surface area contributed by atoms with E-state index in [4.69, 9.17) is 15.7 Å². The van der Waals surface area contributed by atoms with Gasteiger partial charge < -0.3 is 20.6 Å². The Morgan fingerprint density at radius 3 is 2.70 bits per heavy atom. The van der Waals surface area contributed by atoms with Crippen LogP contribution in [0.25, 0.3) is 0 Å². The van der Waals surface area contributed by atoms with Crippen LogP contribution in [-0.2, 0) is 4.74 Å². The van der Waals surface area contributed by atoms with Gasteiger partial charge >= 0.3 is 0 Å². The van der Waals surface area contributed by atoms with Crippen molar-refractivity contribution in [2.75, 3.05) is 24.7 Å². The third kappa shape index (κ3) is 2.40. The highest BCUT2D eigenvalue weighted by atomic mass is 16.5. The van der Waals surface area contributed by atoms with E-state index in [2.05, 4.69) is 34.1 Å². The second kappa shape index (κ2) is 5.24. The fraction of sp³-hybridized carbons (Fsp3) is 0.615. The Balaban J connectivity index is 2.59. The van der Waals surface area contributed by atoms with E-state index in [1.807, 2.05) is 13.8 Å². The summed E-state index contributed by atoms with van der Waals surface area (Å²) in [5, 5.41) is 20.6. The number of anilines is 1. The van der Waals surface area contributed by atoms with Crippen molar-refractivity contribution in [1.29, 1.82) is 0 Å². The Bertz CT molecular complexity index is 542. The highest BCUT2D eigenvalue weighted by Gasteiger charge is 2.34. The van der Waals surface area contributed by atoms with Crippen LogP contribution < -0.4 is 10.6 Å². The number of aromatic nitrogens is 2. The van der Waals surface area contributed by atoms with Crippen LogP contribution in [0, 0.1) is 13.8 Å². The molecule has 1 fully saturated rings. The van der Waals surface area contributed by atoms with E-state index in [-0.39, 0.29) is 11.4 Å². The molecular formula is C13H21N5O2. The van der Waals surface area contributed by atoms with E-state index >= 15 is 0 Å². The lowest BCUT2D eigenvalue weighted by Crippen LogP contribution is -2.54. The Morgan fingerprint density at radius 1 is 1.40 bits per heavy atom. The zero-order valence-electron chi connectivity index (χ0n) is 12.3. The van der Waals surface area contributed by atoms with Crippen molar-refractivity contribution in [3.63, 3.8) is 0 Å². The number of oxime groups is 1.